The van der Waals surface area contributed by atoms with E-state index in [-0.39, 0.29) is 23.4 Å². The Morgan fingerprint density at radius 1 is 1.18 bits per heavy atom. The molecule has 0 unspecified atom stereocenters. The predicted octanol–water partition coefficient (Wildman–Crippen LogP) is 5.28. The Hall–Kier alpha value is -2.62. The highest BCUT2D eigenvalue weighted by Crippen LogP contribution is 2.38. The van der Waals surface area contributed by atoms with Gasteiger partial charge in [0, 0.05) is 13.1 Å². The number of ether oxygens (including phenoxy) is 2. The Morgan fingerprint density at radius 3 is 2.65 bits per heavy atom. The van der Waals surface area contributed by atoms with E-state index >= 15 is 0 Å². The third-order valence-electron chi connectivity index (χ3n) is 5.33. The fourth-order valence-corrected chi connectivity index (χ4v) is 5.14. The highest BCUT2D eigenvalue weighted by molar-refractivity contribution is 8.27. The van der Waals surface area contributed by atoms with Crippen LogP contribution in [0, 0.1) is 5.82 Å². The van der Waals surface area contributed by atoms with Gasteiger partial charge in [0.05, 0.1) is 22.2 Å². The van der Waals surface area contributed by atoms with Crippen LogP contribution in [0.5, 0.6) is 11.5 Å². The van der Waals surface area contributed by atoms with Crippen LogP contribution in [0.1, 0.15) is 25.3 Å². The van der Waals surface area contributed by atoms with E-state index in [1.54, 1.807) is 29.2 Å². The van der Waals surface area contributed by atoms with E-state index in [4.69, 9.17) is 33.3 Å². The number of carbonyl (C=O) groups is 2. The molecule has 0 N–H and O–H groups in total. The van der Waals surface area contributed by atoms with Crippen molar-refractivity contribution in [3.05, 3.63) is 57.7 Å². The van der Waals surface area contributed by atoms with Crippen molar-refractivity contribution >= 4 is 63.5 Å². The average Bonchev–Trinajstić information content (AvgIpc) is 3.44. The van der Waals surface area contributed by atoms with Crippen LogP contribution < -0.4 is 14.4 Å². The Bertz CT molecular complexity index is 1170. The smallest absolute Gasteiger partial charge is 0.270 e. The molecule has 0 aliphatic carbocycles. The number of thioether (sulfide) groups is 1. The zero-order valence-electron chi connectivity index (χ0n) is 18.4. The van der Waals surface area contributed by atoms with Gasteiger partial charge >= 0.3 is 0 Å². The van der Waals surface area contributed by atoms with Crippen molar-refractivity contribution in [1.82, 2.24) is 4.90 Å². The number of carbonyl (C=O) groups excluding carboxylic acids is 2. The fourth-order valence-electron chi connectivity index (χ4n) is 3.67. The zero-order valence-corrected chi connectivity index (χ0v) is 20.8. The van der Waals surface area contributed by atoms with Gasteiger partial charge in [0.25, 0.3) is 11.8 Å². The van der Waals surface area contributed by atoms with Gasteiger partial charge in [-0.2, -0.15) is 0 Å². The molecule has 0 spiro atoms. The lowest BCUT2D eigenvalue weighted by atomic mass is 10.1. The molecule has 2 saturated heterocycles. The maximum Gasteiger partial charge on any atom is 0.270 e. The van der Waals surface area contributed by atoms with Gasteiger partial charge in [-0.05, 0) is 61.7 Å². The summed E-state index contributed by atoms with van der Waals surface area (Å²) >= 11 is 12.4. The largest absolute Gasteiger partial charge is 0.490 e. The van der Waals surface area contributed by atoms with Crippen molar-refractivity contribution in [3.8, 4) is 11.5 Å². The summed E-state index contributed by atoms with van der Waals surface area (Å²) in [6, 6.07) is 9.26. The number of hydrogen-bond acceptors (Lipinski definition) is 6. The van der Waals surface area contributed by atoms with Gasteiger partial charge < -0.3 is 14.4 Å². The summed E-state index contributed by atoms with van der Waals surface area (Å²) in [5, 5.41) is -0.0873. The molecule has 0 radical (unpaired) electrons. The Balaban J connectivity index is 1.52. The van der Waals surface area contributed by atoms with E-state index in [9.17, 15) is 14.0 Å². The van der Waals surface area contributed by atoms with Crippen molar-refractivity contribution in [2.75, 3.05) is 31.2 Å². The van der Waals surface area contributed by atoms with E-state index in [1.807, 2.05) is 6.92 Å². The second-order valence-corrected chi connectivity index (χ2v) is 9.71. The maximum absolute atomic E-state index is 13.5. The van der Waals surface area contributed by atoms with Crippen molar-refractivity contribution in [1.29, 1.82) is 0 Å². The second-order valence-electron chi connectivity index (χ2n) is 7.63. The molecule has 178 valence electrons. The molecule has 2 fully saturated rings. The van der Waals surface area contributed by atoms with Crippen LogP contribution in [0.2, 0.25) is 5.02 Å². The first kappa shape index (κ1) is 24.5. The number of anilines is 1. The van der Waals surface area contributed by atoms with E-state index in [2.05, 4.69) is 0 Å². The van der Waals surface area contributed by atoms with Gasteiger partial charge in [-0.25, -0.2) is 4.39 Å². The minimum atomic E-state index is -0.570. The van der Waals surface area contributed by atoms with Crippen LogP contribution in [-0.4, -0.2) is 47.3 Å². The number of halogens is 2. The number of amides is 2. The number of hydrogen-bond donors (Lipinski definition) is 0. The topological polar surface area (TPSA) is 59.1 Å². The van der Waals surface area contributed by atoms with Gasteiger partial charge in [0.1, 0.15) is 5.82 Å². The number of rotatable bonds is 7. The summed E-state index contributed by atoms with van der Waals surface area (Å²) < 4.78 is 25.3. The fraction of sp³-hybridized carbons (Fsp3) is 0.292. The summed E-state index contributed by atoms with van der Waals surface area (Å²) in [7, 11) is 0. The average molecular weight is 521 g/mol. The Labute approximate surface area is 211 Å². The first-order chi connectivity index (χ1) is 16.4. The van der Waals surface area contributed by atoms with Crippen molar-refractivity contribution in [2.24, 2.45) is 0 Å². The zero-order chi connectivity index (χ0) is 24.2. The van der Waals surface area contributed by atoms with Gasteiger partial charge in [-0.15, -0.1) is 0 Å². The number of likely N-dealkylation sites (tertiary alicyclic amines) is 1. The lowest BCUT2D eigenvalue weighted by Crippen LogP contribution is -2.32. The SMILES string of the molecule is CCOc1cc(/C=C2\SC(=S)N(c3ccc(F)c(Cl)c3)C2=O)ccc1OCC(=O)N1CCCC1. The summed E-state index contributed by atoms with van der Waals surface area (Å²) in [6.07, 6.45) is 3.74. The first-order valence-electron chi connectivity index (χ1n) is 10.8. The van der Waals surface area contributed by atoms with Crippen LogP contribution >= 0.6 is 35.6 Å². The number of benzene rings is 2. The molecule has 0 aromatic heterocycles. The summed E-state index contributed by atoms with van der Waals surface area (Å²) in [6.45, 7) is 3.74. The highest BCUT2D eigenvalue weighted by Gasteiger charge is 2.33. The quantitative estimate of drug-likeness (QED) is 0.365. The molecule has 2 aliphatic rings. The van der Waals surface area contributed by atoms with Crippen LogP contribution in [0.15, 0.2) is 41.3 Å². The monoisotopic (exact) mass is 520 g/mol. The minimum Gasteiger partial charge on any atom is -0.490 e. The molecule has 2 heterocycles. The lowest BCUT2D eigenvalue weighted by Gasteiger charge is -2.17. The highest BCUT2D eigenvalue weighted by atomic mass is 35.5. The maximum atomic E-state index is 13.5. The van der Waals surface area contributed by atoms with Crippen molar-refractivity contribution in [3.63, 3.8) is 0 Å². The summed E-state index contributed by atoms with van der Waals surface area (Å²) in [4.78, 5) is 28.8. The van der Waals surface area contributed by atoms with Crippen LogP contribution in [-0.2, 0) is 9.59 Å². The summed E-state index contributed by atoms with van der Waals surface area (Å²) in [5.74, 6) is -0.00799. The van der Waals surface area contributed by atoms with E-state index in [1.165, 1.54) is 23.1 Å². The molecular weight excluding hydrogens is 499 g/mol. The molecule has 2 aromatic rings. The molecule has 2 aromatic carbocycles. The minimum absolute atomic E-state index is 0.0476. The number of thiocarbonyl (C=S) groups is 1. The predicted molar refractivity (Wildman–Crippen MR) is 136 cm³/mol. The number of nitrogens with zero attached hydrogens (tertiary/aromatic N) is 2. The lowest BCUT2D eigenvalue weighted by molar-refractivity contribution is -0.132. The molecule has 34 heavy (non-hydrogen) atoms. The molecule has 0 saturated carbocycles. The normalized spacial score (nSPS) is 17.1. The molecule has 6 nitrogen and oxygen atoms in total. The van der Waals surface area contributed by atoms with E-state index in [0.29, 0.717) is 38.6 Å². The molecule has 2 amide bonds. The third-order valence-corrected chi connectivity index (χ3v) is 6.92. The molecular formula is C24H22ClFN2O4S2. The van der Waals surface area contributed by atoms with Crippen LogP contribution in [0.3, 0.4) is 0 Å². The molecule has 2 aliphatic heterocycles. The molecule has 4 rings (SSSR count). The van der Waals surface area contributed by atoms with Gasteiger partial charge in [-0.3, -0.25) is 14.5 Å². The van der Waals surface area contributed by atoms with E-state index < -0.39 is 5.82 Å². The molecule has 10 heteroatoms. The summed E-state index contributed by atoms with van der Waals surface area (Å²) in [5.41, 5.74) is 1.11. The third kappa shape index (κ3) is 5.37. The Morgan fingerprint density at radius 2 is 1.94 bits per heavy atom. The Kier molecular flexibility index (Phi) is 7.75. The van der Waals surface area contributed by atoms with Crippen molar-refractivity contribution in [2.45, 2.75) is 19.8 Å². The van der Waals surface area contributed by atoms with Gasteiger partial charge in [0.15, 0.2) is 22.4 Å². The van der Waals surface area contributed by atoms with Crippen LogP contribution in [0.25, 0.3) is 6.08 Å². The standard InChI is InChI=1S/C24H22ClFN2O4S2/c1-2-31-20-11-15(5-8-19(20)32-14-22(29)27-9-3-4-10-27)12-21-23(30)28(24(33)34-21)16-6-7-18(26)17(25)13-16/h5-8,11-13H,2-4,9-10,14H2,1H3/b21-12-. The van der Waals surface area contributed by atoms with Crippen molar-refractivity contribution < 1.29 is 23.5 Å². The van der Waals surface area contributed by atoms with Gasteiger partial charge in [0.2, 0.25) is 0 Å². The first-order valence-corrected chi connectivity index (χ1v) is 12.4. The van der Waals surface area contributed by atoms with Gasteiger partial charge in [-0.1, -0.05) is 41.6 Å². The molecule has 0 atom stereocenters. The van der Waals surface area contributed by atoms with Crippen LogP contribution in [0.4, 0.5) is 10.1 Å². The van der Waals surface area contributed by atoms with E-state index in [0.717, 1.165) is 37.7 Å². The molecule has 0 bridgehead atoms. The second kappa shape index (κ2) is 10.8.